The molecule has 0 saturated carbocycles. The SMILES string of the molecule is Cc1ccc([C@@H]2O[C@H](CO)[C@@H](O)C(O)[C@H]2O)cc1Cc1ccc(-c2ccc(F)cc2)s1. The van der Waals surface area contributed by atoms with Gasteiger partial charge in [-0.25, -0.2) is 4.39 Å². The van der Waals surface area contributed by atoms with Crippen molar-refractivity contribution in [2.45, 2.75) is 43.9 Å². The van der Waals surface area contributed by atoms with Gasteiger partial charge < -0.3 is 25.2 Å². The highest BCUT2D eigenvalue weighted by Gasteiger charge is 2.43. The fourth-order valence-corrected chi connectivity index (χ4v) is 4.90. The minimum absolute atomic E-state index is 0.263. The summed E-state index contributed by atoms with van der Waals surface area (Å²) in [4.78, 5) is 2.19. The van der Waals surface area contributed by atoms with Crippen LogP contribution in [0.4, 0.5) is 4.39 Å². The summed E-state index contributed by atoms with van der Waals surface area (Å²) in [5.74, 6) is -0.263. The highest BCUT2D eigenvalue weighted by Crippen LogP contribution is 2.35. The Morgan fingerprint density at radius 1 is 0.935 bits per heavy atom. The molecule has 4 rings (SSSR count). The normalized spacial score (nSPS) is 26.2. The number of rotatable bonds is 5. The smallest absolute Gasteiger partial charge is 0.123 e. The predicted molar refractivity (Wildman–Crippen MR) is 116 cm³/mol. The van der Waals surface area contributed by atoms with Gasteiger partial charge in [-0.05, 0) is 53.4 Å². The fourth-order valence-electron chi connectivity index (χ4n) is 3.87. The van der Waals surface area contributed by atoms with Gasteiger partial charge in [-0.15, -0.1) is 11.3 Å². The van der Waals surface area contributed by atoms with Crippen molar-refractivity contribution in [3.63, 3.8) is 0 Å². The third-order valence-corrected chi connectivity index (χ3v) is 6.88. The van der Waals surface area contributed by atoms with E-state index in [1.54, 1.807) is 23.5 Å². The minimum atomic E-state index is -1.41. The van der Waals surface area contributed by atoms with Gasteiger partial charge in [-0.2, -0.15) is 0 Å². The van der Waals surface area contributed by atoms with E-state index in [2.05, 4.69) is 0 Å². The minimum Gasteiger partial charge on any atom is -0.394 e. The molecule has 3 aromatic rings. The molecular formula is C24H25FO5S. The Morgan fingerprint density at radius 3 is 2.39 bits per heavy atom. The number of aliphatic hydroxyl groups excluding tert-OH is 4. The van der Waals surface area contributed by atoms with E-state index in [0.717, 1.165) is 26.4 Å². The Hall–Kier alpha value is -2.13. The zero-order valence-corrected chi connectivity index (χ0v) is 17.8. The summed E-state index contributed by atoms with van der Waals surface area (Å²) in [5.41, 5.74) is 3.75. The Balaban J connectivity index is 1.57. The number of hydrogen-bond donors (Lipinski definition) is 4. The maximum atomic E-state index is 13.2. The Morgan fingerprint density at radius 2 is 1.68 bits per heavy atom. The lowest BCUT2D eigenvalue weighted by Crippen LogP contribution is -2.55. The molecule has 0 radical (unpaired) electrons. The van der Waals surface area contributed by atoms with Crippen molar-refractivity contribution in [2.24, 2.45) is 0 Å². The van der Waals surface area contributed by atoms with Crippen molar-refractivity contribution in [3.8, 4) is 10.4 Å². The largest absolute Gasteiger partial charge is 0.394 e. The lowest BCUT2D eigenvalue weighted by atomic mass is 9.89. The maximum absolute atomic E-state index is 13.2. The molecule has 2 heterocycles. The number of aryl methyl sites for hydroxylation is 1. The molecule has 5 atom stereocenters. The third kappa shape index (κ3) is 4.57. The number of benzene rings is 2. The molecule has 0 amide bonds. The van der Waals surface area contributed by atoms with E-state index in [4.69, 9.17) is 4.74 Å². The highest BCUT2D eigenvalue weighted by atomic mass is 32.1. The standard InChI is InChI=1S/C24H25FO5S/c1-13-2-3-15(24-23(29)22(28)21(27)19(12-26)30-24)10-16(13)11-18-8-9-20(31-18)14-4-6-17(25)7-5-14/h2-10,19,21-24,26-29H,11-12H2,1H3/t19-,21-,22?,23-,24+/m1/s1. The Labute approximate surface area is 184 Å². The molecule has 0 spiro atoms. The number of hydrogen-bond acceptors (Lipinski definition) is 6. The van der Waals surface area contributed by atoms with Gasteiger partial charge in [-0.3, -0.25) is 0 Å². The van der Waals surface area contributed by atoms with Crippen molar-refractivity contribution in [1.82, 2.24) is 0 Å². The fraction of sp³-hybridized carbons (Fsp3) is 0.333. The van der Waals surface area contributed by atoms with Crippen LogP contribution in [0.3, 0.4) is 0 Å². The van der Waals surface area contributed by atoms with Crippen LogP contribution < -0.4 is 0 Å². The molecule has 1 aromatic heterocycles. The zero-order valence-electron chi connectivity index (χ0n) is 17.0. The Kier molecular flexibility index (Phi) is 6.52. The van der Waals surface area contributed by atoms with Crippen molar-refractivity contribution >= 4 is 11.3 Å². The summed E-state index contributed by atoms with van der Waals surface area (Å²) < 4.78 is 18.9. The van der Waals surface area contributed by atoms with E-state index < -0.39 is 37.1 Å². The maximum Gasteiger partial charge on any atom is 0.123 e. The van der Waals surface area contributed by atoms with Gasteiger partial charge in [0.1, 0.15) is 36.3 Å². The highest BCUT2D eigenvalue weighted by molar-refractivity contribution is 7.15. The first-order valence-corrected chi connectivity index (χ1v) is 10.9. The molecule has 2 aromatic carbocycles. The molecular weight excluding hydrogens is 419 g/mol. The van der Waals surface area contributed by atoms with Crippen LogP contribution in [0.2, 0.25) is 0 Å². The summed E-state index contributed by atoms with van der Waals surface area (Å²) in [6.45, 7) is 1.54. The van der Waals surface area contributed by atoms with Crippen LogP contribution in [0.25, 0.3) is 10.4 Å². The predicted octanol–water partition coefficient (Wildman–Crippen LogP) is 2.97. The van der Waals surface area contributed by atoms with Crippen LogP contribution in [0.15, 0.2) is 54.6 Å². The van der Waals surface area contributed by atoms with Crippen molar-refractivity contribution in [1.29, 1.82) is 0 Å². The first-order valence-electron chi connectivity index (χ1n) is 10.1. The first kappa shape index (κ1) is 22.1. The molecule has 0 aliphatic carbocycles. The zero-order chi connectivity index (χ0) is 22.1. The van der Waals surface area contributed by atoms with Crippen LogP contribution in [0.1, 0.15) is 27.7 Å². The second-order valence-corrected chi connectivity index (χ2v) is 9.05. The van der Waals surface area contributed by atoms with Crippen LogP contribution in [-0.4, -0.2) is 51.4 Å². The van der Waals surface area contributed by atoms with E-state index >= 15 is 0 Å². The summed E-state index contributed by atoms with van der Waals surface area (Å²) >= 11 is 1.63. The first-order chi connectivity index (χ1) is 14.9. The molecule has 4 N–H and O–H groups in total. The van der Waals surface area contributed by atoms with Gasteiger partial charge in [0.25, 0.3) is 0 Å². The van der Waals surface area contributed by atoms with Crippen molar-refractivity contribution in [3.05, 3.63) is 82.0 Å². The number of halogens is 1. The van der Waals surface area contributed by atoms with Gasteiger partial charge in [0.05, 0.1) is 6.61 Å². The van der Waals surface area contributed by atoms with Gasteiger partial charge >= 0.3 is 0 Å². The van der Waals surface area contributed by atoms with Crippen LogP contribution >= 0.6 is 11.3 Å². The third-order valence-electron chi connectivity index (χ3n) is 5.75. The lowest BCUT2D eigenvalue weighted by molar-refractivity contribution is -0.231. The molecule has 0 bridgehead atoms. The summed E-state index contributed by atoms with van der Waals surface area (Å²) in [6, 6.07) is 16.2. The van der Waals surface area contributed by atoms with Crippen molar-refractivity contribution < 1.29 is 29.6 Å². The molecule has 1 aliphatic heterocycles. The molecule has 1 saturated heterocycles. The number of thiophene rings is 1. The van der Waals surface area contributed by atoms with E-state index in [0.29, 0.717) is 12.0 Å². The molecule has 164 valence electrons. The average Bonchev–Trinajstić information content (AvgIpc) is 3.23. The van der Waals surface area contributed by atoms with Crippen LogP contribution in [0.5, 0.6) is 0 Å². The number of aliphatic hydroxyl groups is 4. The second kappa shape index (κ2) is 9.16. The molecule has 5 nitrogen and oxygen atoms in total. The summed E-state index contributed by atoms with van der Waals surface area (Å²) in [7, 11) is 0. The summed E-state index contributed by atoms with van der Waals surface area (Å²) in [5, 5.41) is 40.0. The lowest BCUT2D eigenvalue weighted by Gasteiger charge is -2.40. The molecule has 1 fully saturated rings. The summed E-state index contributed by atoms with van der Waals surface area (Å²) in [6.07, 6.45) is -5.21. The van der Waals surface area contributed by atoms with Gasteiger partial charge in [0.15, 0.2) is 0 Å². The van der Waals surface area contributed by atoms with Gasteiger partial charge in [-0.1, -0.05) is 30.3 Å². The van der Waals surface area contributed by atoms with E-state index in [-0.39, 0.29) is 5.82 Å². The molecule has 1 aliphatic rings. The van der Waals surface area contributed by atoms with Crippen LogP contribution in [0, 0.1) is 12.7 Å². The van der Waals surface area contributed by atoms with E-state index in [1.807, 2.05) is 37.3 Å². The van der Waals surface area contributed by atoms with E-state index in [1.165, 1.54) is 12.1 Å². The molecule has 31 heavy (non-hydrogen) atoms. The molecule has 1 unspecified atom stereocenters. The molecule has 7 heteroatoms. The topological polar surface area (TPSA) is 90.2 Å². The number of ether oxygens (including phenoxy) is 1. The second-order valence-electron chi connectivity index (χ2n) is 7.89. The van der Waals surface area contributed by atoms with Crippen molar-refractivity contribution in [2.75, 3.05) is 6.61 Å². The average molecular weight is 445 g/mol. The van der Waals surface area contributed by atoms with Crippen LogP contribution in [-0.2, 0) is 11.2 Å². The van der Waals surface area contributed by atoms with E-state index in [9.17, 15) is 24.8 Å². The quantitative estimate of drug-likeness (QED) is 0.486. The van der Waals surface area contributed by atoms with Gasteiger partial charge in [0.2, 0.25) is 0 Å². The van der Waals surface area contributed by atoms with Gasteiger partial charge in [0, 0.05) is 16.2 Å². The monoisotopic (exact) mass is 444 g/mol. The Bertz CT molecular complexity index is 1030.